The number of ether oxygens (including phenoxy) is 2. The number of carbonyl (C=O) groups excluding carboxylic acids is 3. The molecule has 4 N–H and O–H groups in total. The molecular formula is C13H13ClN4O9. The van der Waals surface area contributed by atoms with E-state index in [1.807, 2.05) is 10.9 Å². The molecule has 3 aliphatic rings. The highest BCUT2D eigenvalue weighted by Crippen LogP contribution is 2.45. The predicted octanol–water partition coefficient (Wildman–Crippen LogP) is -1.75. The van der Waals surface area contributed by atoms with Gasteiger partial charge in [0, 0.05) is 5.57 Å². The number of hydrogen-bond acceptors (Lipinski definition) is 7. The first-order chi connectivity index (χ1) is 12.8. The molecule has 2 saturated heterocycles. The lowest BCUT2D eigenvalue weighted by Crippen LogP contribution is -2.75. The molecule has 0 aromatic carbocycles. The maximum absolute atomic E-state index is 12.3. The maximum Gasteiger partial charge on any atom is 0.426 e. The number of aliphatic carboxylic acids is 1. The van der Waals surface area contributed by atoms with Crippen LogP contribution in [0.2, 0.25) is 0 Å². The number of rotatable bonds is 4. The summed E-state index contributed by atoms with van der Waals surface area (Å²) >= 11 is 5.24. The predicted molar refractivity (Wildman–Crippen MR) is 82.0 cm³/mol. The Labute approximate surface area is 155 Å². The van der Waals surface area contributed by atoms with Crippen molar-refractivity contribution in [1.82, 2.24) is 20.7 Å². The molecule has 2 fully saturated rings. The summed E-state index contributed by atoms with van der Waals surface area (Å²) in [5.74, 6) is -3.23. The van der Waals surface area contributed by atoms with Gasteiger partial charge in [-0.1, -0.05) is 0 Å². The SMILES string of the molecule is O=C(CCl)NNC(=O)OCC1=C(C(=O)O)N2C(=O)[C@@H]3[C@H]2C1OCN3C(=O)O. The van der Waals surface area contributed by atoms with Crippen molar-refractivity contribution >= 4 is 41.6 Å². The van der Waals surface area contributed by atoms with Crippen molar-refractivity contribution in [3.63, 3.8) is 0 Å². The minimum Gasteiger partial charge on any atom is -0.477 e. The second-order valence-electron chi connectivity index (χ2n) is 5.67. The molecule has 1 unspecified atom stereocenters. The Morgan fingerprint density at radius 3 is 2.56 bits per heavy atom. The second kappa shape index (κ2) is 6.92. The van der Waals surface area contributed by atoms with Crippen molar-refractivity contribution in [2.75, 3.05) is 19.2 Å². The van der Waals surface area contributed by atoms with Crippen LogP contribution in [0.15, 0.2) is 11.3 Å². The third kappa shape index (κ3) is 3.00. The van der Waals surface area contributed by atoms with E-state index in [2.05, 4.69) is 0 Å². The van der Waals surface area contributed by atoms with E-state index in [4.69, 9.17) is 26.2 Å². The third-order valence-corrected chi connectivity index (χ3v) is 4.51. The fourth-order valence-corrected chi connectivity index (χ4v) is 3.27. The van der Waals surface area contributed by atoms with Crippen LogP contribution in [0.4, 0.5) is 9.59 Å². The Morgan fingerprint density at radius 2 is 1.96 bits per heavy atom. The van der Waals surface area contributed by atoms with Crippen molar-refractivity contribution < 1.29 is 43.7 Å². The highest BCUT2D eigenvalue weighted by molar-refractivity contribution is 6.27. The largest absolute Gasteiger partial charge is 0.477 e. The number of carbonyl (C=O) groups is 5. The van der Waals surface area contributed by atoms with Crippen LogP contribution in [-0.2, 0) is 23.9 Å². The summed E-state index contributed by atoms with van der Waals surface area (Å²) in [7, 11) is 0. The first-order valence-electron chi connectivity index (χ1n) is 7.46. The zero-order valence-corrected chi connectivity index (χ0v) is 14.1. The van der Waals surface area contributed by atoms with Gasteiger partial charge in [-0.15, -0.1) is 11.6 Å². The van der Waals surface area contributed by atoms with Crippen molar-refractivity contribution in [3.8, 4) is 0 Å². The Kier molecular flexibility index (Phi) is 4.80. The quantitative estimate of drug-likeness (QED) is 0.240. The summed E-state index contributed by atoms with van der Waals surface area (Å²) in [6.07, 6.45) is -3.40. The number of carboxylic acid groups (broad SMARTS) is 2. The molecule has 14 heteroatoms. The average Bonchev–Trinajstić information content (AvgIpc) is 2.96. The topological polar surface area (TPSA) is 175 Å². The van der Waals surface area contributed by atoms with Gasteiger partial charge in [0.25, 0.3) is 11.8 Å². The van der Waals surface area contributed by atoms with E-state index in [1.165, 1.54) is 0 Å². The zero-order chi connectivity index (χ0) is 19.9. The lowest BCUT2D eigenvalue weighted by atomic mass is 9.89. The summed E-state index contributed by atoms with van der Waals surface area (Å²) in [4.78, 5) is 59.3. The first kappa shape index (κ1) is 18.7. The van der Waals surface area contributed by atoms with Crippen molar-refractivity contribution in [2.45, 2.75) is 18.2 Å². The van der Waals surface area contributed by atoms with Crippen LogP contribution in [0.3, 0.4) is 0 Å². The number of amides is 4. The van der Waals surface area contributed by atoms with Gasteiger partial charge in [0.15, 0.2) is 0 Å². The molecule has 0 aromatic rings. The number of alkyl halides is 1. The number of hydrogen-bond donors (Lipinski definition) is 4. The van der Waals surface area contributed by atoms with Crippen molar-refractivity contribution in [1.29, 1.82) is 0 Å². The highest BCUT2D eigenvalue weighted by Gasteiger charge is 2.65. The fourth-order valence-electron chi connectivity index (χ4n) is 3.21. The van der Waals surface area contributed by atoms with Crippen LogP contribution in [0.25, 0.3) is 0 Å². The number of hydrazine groups is 1. The molecule has 0 radical (unpaired) electrons. The third-order valence-electron chi connectivity index (χ3n) is 4.27. The molecule has 4 amide bonds. The molecule has 3 atom stereocenters. The van der Waals surface area contributed by atoms with Gasteiger partial charge in [0.2, 0.25) is 0 Å². The van der Waals surface area contributed by atoms with Crippen molar-refractivity contribution in [2.24, 2.45) is 0 Å². The molecule has 3 aliphatic heterocycles. The lowest BCUT2D eigenvalue weighted by molar-refractivity contribution is -0.182. The summed E-state index contributed by atoms with van der Waals surface area (Å²) < 4.78 is 10.2. The van der Waals surface area contributed by atoms with Gasteiger partial charge in [0.05, 0.1) is 6.04 Å². The van der Waals surface area contributed by atoms with Crippen LogP contribution >= 0.6 is 11.6 Å². The van der Waals surface area contributed by atoms with E-state index in [9.17, 15) is 29.1 Å². The van der Waals surface area contributed by atoms with Crippen molar-refractivity contribution in [3.05, 3.63) is 11.3 Å². The van der Waals surface area contributed by atoms with E-state index < -0.39 is 73.1 Å². The highest BCUT2D eigenvalue weighted by atomic mass is 35.5. The van der Waals surface area contributed by atoms with E-state index in [-0.39, 0.29) is 5.57 Å². The van der Waals surface area contributed by atoms with E-state index in [1.54, 1.807) is 0 Å². The fraction of sp³-hybridized carbons (Fsp3) is 0.462. The first-order valence-corrected chi connectivity index (χ1v) is 7.99. The monoisotopic (exact) mass is 404 g/mol. The zero-order valence-electron chi connectivity index (χ0n) is 13.4. The van der Waals surface area contributed by atoms with E-state index in [0.717, 1.165) is 9.80 Å². The van der Waals surface area contributed by atoms with Crippen LogP contribution in [0.1, 0.15) is 0 Å². The molecule has 27 heavy (non-hydrogen) atoms. The smallest absolute Gasteiger partial charge is 0.426 e. The number of nitrogens with zero attached hydrogens (tertiary/aromatic N) is 2. The summed E-state index contributed by atoms with van der Waals surface area (Å²) in [6.45, 7) is -0.982. The summed E-state index contributed by atoms with van der Waals surface area (Å²) in [6, 6.07) is -1.91. The molecule has 0 spiro atoms. The molecule has 0 aromatic heterocycles. The van der Waals surface area contributed by atoms with Gasteiger partial charge < -0.3 is 19.7 Å². The number of halogens is 1. The van der Waals surface area contributed by atoms with Crippen LogP contribution in [0.5, 0.6) is 0 Å². The molecular weight excluding hydrogens is 392 g/mol. The Morgan fingerprint density at radius 1 is 1.26 bits per heavy atom. The normalized spacial score (nSPS) is 25.5. The van der Waals surface area contributed by atoms with Gasteiger partial charge in [0.1, 0.15) is 37.1 Å². The Bertz CT molecular complexity index is 769. The standard InChI is InChI=1S/C13H13ClN4O9/c14-1-5(19)15-16-12(23)26-2-4-6(11(21)22)18-7-8(10(18)20)17(13(24)25)3-27-9(4)7/h7-9H,1-3H2,(H,15,19)(H,16,23)(H,21,22)(H,24,25)/t7-,8-,9?/m0/s1. The number of β-lactam (4-membered cyclic amide) rings is 1. The average molecular weight is 405 g/mol. The minimum absolute atomic E-state index is 0.00667. The lowest BCUT2D eigenvalue weighted by Gasteiger charge is -2.51. The molecule has 0 bridgehead atoms. The Balaban J connectivity index is 1.74. The van der Waals surface area contributed by atoms with E-state index in [0.29, 0.717) is 0 Å². The maximum atomic E-state index is 12.3. The molecule has 0 saturated carbocycles. The molecule has 3 rings (SSSR count). The summed E-state index contributed by atoms with van der Waals surface area (Å²) in [5, 5.41) is 18.6. The van der Waals surface area contributed by atoms with E-state index >= 15 is 0 Å². The molecule has 3 heterocycles. The number of nitrogens with one attached hydrogen (secondary N) is 2. The van der Waals surface area contributed by atoms with Gasteiger partial charge in [-0.05, 0) is 0 Å². The van der Waals surface area contributed by atoms with Gasteiger partial charge >= 0.3 is 18.2 Å². The molecule has 0 aliphatic carbocycles. The molecule has 146 valence electrons. The second-order valence-corrected chi connectivity index (χ2v) is 5.94. The number of carboxylic acids is 1. The minimum atomic E-state index is -1.45. The van der Waals surface area contributed by atoms with Crippen LogP contribution < -0.4 is 10.9 Å². The Hall–Kier alpha value is -3.06. The summed E-state index contributed by atoms with van der Waals surface area (Å²) in [5.41, 5.74) is 3.43. The van der Waals surface area contributed by atoms with Gasteiger partial charge in [-0.25, -0.2) is 19.8 Å². The van der Waals surface area contributed by atoms with Gasteiger partial charge in [-0.3, -0.25) is 24.8 Å². The van der Waals surface area contributed by atoms with Crippen LogP contribution in [0, 0.1) is 0 Å². The van der Waals surface area contributed by atoms with Gasteiger partial charge in [-0.2, -0.15) is 0 Å². The van der Waals surface area contributed by atoms with Crippen LogP contribution in [-0.4, -0.2) is 87.4 Å². The molecule has 13 nitrogen and oxygen atoms in total.